The minimum Gasteiger partial charge on any atom is -0.385 e. The van der Waals surface area contributed by atoms with Crippen LogP contribution in [-0.4, -0.2) is 5.11 Å². The predicted octanol–water partition coefficient (Wildman–Crippen LogP) is 4.04. The van der Waals surface area contributed by atoms with Crippen LogP contribution in [0.5, 0.6) is 0 Å². The van der Waals surface area contributed by atoms with E-state index in [0.29, 0.717) is 5.92 Å². The van der Waals surface area contributed by atoms with Crippen LogP contribution in [0.2, 0.25) is 0 Å². The summed E-state index contributed by atoms with van der Waals surface area (Å²) >= 11 is 0. The molecule has 0 amide bonds. The van der Waals surface area contributed by atoms with E-state index < -0.39 is 5.60 Å². The molecule has 0 saturated carbocycles. The first-order valence-electron chi connectivity index (χ1n) is 6.92. The Morgan fingerprint density at radius 1 is 1.24 bits per heavy atom. The Morgan fingerprint density at radius 3 is 2.76 bits per heavy atom. The average molecular weight is 232 g/mol. The van der Waals surface area contributed by atoms with Crippen molar-refractivity contribution in [3.05, 3.63) is 35.4 Å². The molecule has 0 saturated heterocycles. The zero-order valence-electron chi connectivity index (χ0n) is 11.1. The molecule has 94 valence electrons. The van der Waals surface area contributed by atoms with Crippen LogP contribution >= 0.6 is 0 Å². The van der Waals surface area contributed by atoms with Crippen LogP contribution in [0, 0.1) is 5.92 Å². The molecule has 2 rings (SSSR count). The van der Waals surface area contributed by atoms with Gasteiger partial charge in [-0.3, -0.25) is 0 Å². The van der Waals surface area contributed by atoms with Gasteiger partial charge in [0.15, 0.2) is 0 Å². The highest BCUT2D eigenvalue weighted by molar-refractivity contribution is 5.33. The molecule has 17 heavy (non-hydrogen) atoms. The predicted molar refractivity (Wildman–Crippen MR) is 72.0 cm³/mol. The molecule has 1 aromatic carbocycles. The van der Waals surface area contributed by atoms with E-state index in [1.54, 1.807) is 0 Å². The molecule has 1 unspecified atom stereocenters. The minimum absolute atomic E-state index is 0.572. The first kappa shape index (κ1) is 12.6. The Hall–Kier alpha value is -0.820. The van der Waals surface area contributed by atoms with Gasteiger partial charge in [-0.1, -0.05) is 38.1 Å². The maximum absolute atomic E-state index is 11.0. The Bertz CT molecular complexity index is 370. The van der Waals surface area contributed by atoms with Crippen molar-refractivity contribution >= 4 is 0 Å². The maximum atomic E-state index is 11.0. The molecule has 0 bridgehead atoms. The zero-order valence-corrected chi connectivity index (χ0v) is 11.1. The van der Waals surface area contributed by atoms with E-state index in [9.17, 15) is 5.11 Å². The van der Waals surface area contributed by atoms with Crippen LogP contribution in [0.3, 0.4) is 0 Å². The molecule has 1 aromatic rings. The fourth-order valence-corrected chi connectivity index (χ4v) is 2.85. The number of hydrogen-bond donors (Lipinski definition) is 1. The van der Waals surface area contributed by atoms with E-state index in [-0.39, 0.29) is 0 Å². The molecule has 0 heterocycles. The van der Waals surface area contributed by atoms with Gasteiger partial charge in [-0.25, -0.2) is 0 Å². The molecule has 1 aliphatic rings. The van der Waals surface area contributed by atoms with Crippen LogP contribution in [0.15, 0.2) is 24.3 Å². The highest BCUT2D eigenvalue weighted by Gasteiger charge is 2.32. The Balaban J connectivity index is 2.26. The number of fused-ring (bicyclic) bond motifs is 1. The fourth-order valence-electron chi connectivity index (χ4n) is 2.85. The van der Waals surface area contributed by atoms with E-state index in [4.69, 9.17) is 0 Å². The summed E-state index contributed by atoms with van der Waals surface area (Å²) in [6.45, 7) is 4.46. The first-order valence-corrected chi connectivity index (χ1v) is 6.92. The summed E-state index contributed by atoms with van der Waals surface area (Å²) in [5, 5.41) is 11.0. The third kappa shape index (κ3) is 2.90. The Morgan fingerprint density at radius 2 is 2.00 bits per heavy atom. The molecule has 1 aliphatic carbocycles. The lowest BCUT2D eigenvalue weighted by Crippen LogP contribution is -2.26. The monoisotopic (exact) mass is 232 g/mol. The summed E-state index contributed by atoms with van der Waals surface area (Å²) in [6.07, 6.45) is 6.41. The number of benzene rings is 1. The van der Waals surface area contributed by atoms with Crippen LogP contribution in [-0.2, 0) is 12.0 Å². The molecule has 0 aromatic heterocycles. The van der Waals surface area contributed by atoms with Crippen molar-refractivity contribution in [1.82, 2.24) is 0 Å². The van der Waals surface area contributed by atoms with Gasteiger partial charge in [0.05, 0.1) is 5.60 Å². The van der Waals surface area contributed by atoms with Gasteiger partial charge in [-0.2, -0.15) is 0 Å². The molecular weight excluding hydrogens is 208 g/mol. The Labute approximate surface area is 105 Å². The van der Waals surface area contributed by atoms with E-state index in [2.05, 4.69) is 38.1 Å². The standard InChI is InChI=1S/C16H24O/c1-13(2)10-12-16(17)11-6-5-8-14-7-3-4-9-15(14)16/h3-4,7,9,13,17H,5-6,8,10-12H2,1-2H3. The molecule has 0 spiro atoms. The van der Waals surface area contributed by atoms with Crippen LogP contribution in [0.25, 0.3) is 0 Å². The minimum atomic E-state index is -0.572. The van der Waals surface area contributed by atoms with Gasteiger partial charge in [0.2, 0.25) is 0 Å². The van der Waals surface area contributed by atoms with Crippen molar-refractivity contribution in [2.24, 2.45) is 5.92 Å². The number of aliphatic hydroxyl groups is 1. The lowest BCUT2D eigenvalue weighted by molar-refractivity contribution is 0.0129. The van der Waals surface area contributed by atoms with E-state index in [1.807, 2.05) is 0 Å². The second kappa shape index (κ2) is 5.22. The molecule has 0 radical (unpaired) electrons. The molecule has 0 aliphatic heterocycles. The van der Waals surface area contributed by atoms with Gasteiger partial charge in [0.1, 0.15) is 0 Å². The number of hydrogen-bond acceptors (Lipinski definition) is 1. The summed E-state index contributed by atoms with van der Waals surface area (Å²) in [7, 11) is 0. The number of rotatable bonds is 3. The van der Waals surface area contributed by atoms with Gasteiger partial charge < -0.3 is 5.11 Å². The molecule has 1 N–H and O–H groups in total. The second-order valence-corrected chi connectivity index (χ2v) is 5.83. The van der Waals surface area contributed by atoms with Crippen molar-refractivity contribution < 1.29 is 5.11 Å². The van der Waals surface area contributed by atoms with Gasteiger partial charge in [0.25, 0.3) is 0 Å². The quantitative estimate of drug-likeness (QED) is 0.780. The highest BCUT2D eigenvalue weighted by atomic mass is 16.3. The highest BCUT2D eigenvalue weighted by Crippen LogP contribution is 2.38. The molecule has 1 nitrogen and oxygen atoms in total. The lowest BCUT2D eigenvalue weighted by Gasteiger charge is -2.29. The molecule has 0 fully saturated rings. The number of aryl methyl sites for hydroxylation is 1. The summed E-state index contributed by atoms with van der Waals surface area (Å²) in [5.74, 6) is 0.662. The summed E-state index contributed by atoms with van der Waals surface area (Å²) < 4.78 is 0. The molecule has 1 atom stereocenters. The van der Waals surface area contributed by atoms with Gasteiger partial charge >= 0.3 is 0 Å². The maximum Gasteiger partial charge on any atom is 0.0899 e. The summed E-state index contributed by atoms with van der Waals surface area (Å²) in [4.78, 5) is 0. The summed E-state index contributed by atoms with van der Waals surface area (Å²) in [5.41, 5.74) is 1.98. The average Bonchev–Trinajstić information content (AvgIpc) is 2.48. The van der Waals surface area contributed by atoms with Crippen LogP contribution < -0.4 is 0 Å². The molecule has 1 heteroatoms. The zero-order chi connectivity index (χ0) is 12.3. The summed E-state index contributed by atoms with van der Waals surface area (Å²) in [6, 6.07) is 8.46. The van der Waals surface area contributed by atoms with Gasteiger partial charge in [-0.05, 0) is 55.6 Å². The van der Waals surface area contributed by atoms with E-state index in [1.165, 1.54) is 17.5 Å². The van der Waals surface area contributed by atoms with Gasteiger partial charge in [-0.15, -0.1) is 0 Å². The van der Waals surface area contributed by atoms with Crippen molar-refractivity contribution in [3.8, 4) is 0 Å². The van der Waals surface area contributed by atoms with Crippen molar-refractivity contribution in [1.29, 1.82) is 0 Å². The van der Waals surface area contributed by atoms with Crippen molar-refractivity contribution in [2.75, 3.05) is 0 Å². The lowest BCUT2D eigenvalue weighted by atomic mass is 9.82. The SMILES string of the molecule is CC(C)CCC1(O)CCCCc2ccccc21. The first-order chi connectivity index (χ1) is 8.12. The Kier molecular flexibility index (Phi) is 3.88. The normalized spacial score (nSPS) is 24.5. The van der Waals surface area contributed by atoms with Gasteiger partial charge in [0, 0.05) is 0 Å². The molecular formula is C16H24O. The largest absolute Gasteiger partial charge is 0.385 e. The van der Waals surface area contributed by atoms with Crippen molar-refractivity contribution in [3.63, 3.8) is 0 Å². The third-order valence-corrected chi connectivity index (χ3v) is 3.94. The third-order valence-electron chi connectivity index (χ3n) is 3.94. The fraction of sp³-hybridized carbons (Fsp3) is 0.625. The van der Waals surface area contributed by atoms with Crippen LogP contribution in [0.1, 0.15) is 57.1 Å². The van der Waals surface area contributed by atoms with Crippen molar-refractivity contribution in [2.45, 2.75) is 58.0 Å². The second-order valence-electron chi connectivity index (χ2n) is 5.83. The van der Waals surface area contributed by atoms with Crippen LogP contribution in [0.4, 0.5) is 0 Å². The van der Waals surface area contributed by atoms with E-state index >= 15 is 0 Å². The topological polar surface area (TPSA) is 20.2 Å². The smallest absolute Gasteiger partial charge is 0.0899 e. The van der Waals surface area contributed by atoms with E-state index in [0.717, 1.165) is 32.1 Å².